The van der Waals surface area contributed by atoms with Crippen LogP contribution in [0.2, 0.25) is 0 Å². The summed E-state index contributed by atoms with van der Waals surface area (Å²) in [5, 5.41) is 5.35. The first-order valence-corrected chi connectivity index (χ1v) is 11.2. The fraction of sp³-hybridized carbons (Fsp3) is 0.269. The van der Waals surface area contributed by atoms with E-state index in [1.165, 1.54) is 17.0 Å². The first-order valence-electron chi connectivity index (χ1n) is 12.7. The normalized spacial score (nSPS) is 17.2. The third-order valence-corrected chi connectivity index (χ3v) is 6.18. The first kappa shape index (κ1) is 17.4. The lowest BCUT2D eigenvalue weighted by atomic mass is 10.1. The molecule has 6 rings (SSSR count). The van der Waals surface area contributed by atoms with Crippen molar-refractivity contribution < 1.29 is 18.4 Å². The van der Waals surface area contributed by atoms with Crippen molar-refractivity contribution in [2.75, 3.05) is 23.4 Å². The Balaban J connectivity index is 1.39. The van der Waals surface area contributed by atoms with Gasteiger partial charge in [0.15, 0.2) is 0 Å². The fourth-order valence-corrected chi connectivity index (χ4v) is 4.20. The Morgan fingerprint density at radius 3 is 2.71 bits per heavy atom. The first-order chi connectivity index (χ1) is 17.7. The van der Waals surface area contributed by atoms with Crippen molar-refractivity contribution in [2.24, 2.45) is 13.0 Å². The van der Waals surface area contributed by atoms with Gasteiger partial charge < -0.3 is 9.47 Å². The maximum Gasteiger partial charge on any atom is 0.335 e. The molecule has 0 bridgehead atoms. The van der Waals surface area contributed by atoms with Crippen LogP contribution < -0.4 is 19.3 Å². The zero-order chi connectivity index (χ0) is 25.7. The molecule has 0 unspecified atom stereocenters. The molecule has 0 saturated heterocycles. The van der Waals surface area contributed by atoms with E-state index in [-0.39, 0.29) is 11.8 Å². The number of amides is 2. The van der Waals surface area contributed by atoms with E-state index in [2.05, 4.69) is 5.10 Å². The van der Waals surface area contributed by atoms with Crippen LogP contribution in [-0.4, -0.2) is 34.4 Å². The summed E-state index contributed by atoms with van der Waals surface area (Å²) in [5.74, 6) is 1.71. The molecule has 2 aromatic heterocycles. The molecule has 0 radical (unpaired) electrons. The summed E-state index contributed by atoms with van der Waals surface area (Å²) in [6, 6.07) is 15.6. The van der Waals surface area contributed by atoms with E-state index in [0.29, 0.717) is 36.5 Å². The third-order valence-electron chi connectivity index (χ3n) is 6.18. The number of hydrogen-bond acceptors (Lipinski definition) is 5. The molecule has 172 valence electrons. The molecule has 0 atom stereocenters. The Labute approximate surface area is 201 Å². The summed E-state index contributed by atoms with van der Waals surface area (Å²) in [7, 11) is -0.704. The Hall–Kier alpha value is -4.07. The number of pyridine rings is 1. The maximum atomic E-state index is 14.0. The summed E-state index contributed by atoms with van der Waals surface area (Å²) < 4.78 is 34.6. The van der Waals surface area contributed by atoms with Gasteiger partial charge in [0.1, 0.15) is 11.6 Å². The third kappa shape index (κ3) is 3.71. The summed E-state index contributed by atoms with van der Waals surface area (Å²) >= 11 is 0. The molecule has 2 amide bonds. The molecule has 1 aliphatic heterocycles. The number of carbonyl (C=O) groups is 1. The van der Waals surface area contributed by atoms with E-state index in [9.17, 15) is 4.79 Å². The van der Waals surface area contributed by atoms with Gasteiger partial charge in [-0.25, -0.2) is 9.69 Å². The minimum absolute atomic E-state index is 0.182. The molecule has 8 heteroatoms. The minimum atomic E-state index is -2.56. The van der Waals surface area contributed by atoms with E-state index in [0.717, 1.165) is 35.0 Å². The monoisotopic (exact) mass is 458 g/mol. The summed E-state index contributed by atoms with van der Waals surface area (Å²) in [4.78, 5) is 21.9. The molecule has 1 aliphatic carbocycles. The highest BCUT2D eigenvalue weighted by molar-refractivity contribution is 6.10. The molecular weight excluding hydrogens is 430 g/mol. The van der Waals surface area contributed by atoms with Gasteiger partial charge in [-0.05, 0) is 67.3 Å². The summed E-state index contributed by atoms with van der Waals surface area (Å²) in [6.07, 6.45) is 4.24. The fourth-order valence-electron chi connectivity index (χ4n) is 4.20. The quantitative estimate of drug-likeness (QED) is 0.405. The van der Waals surface area contributed by atoms with E-state index < -0.39 is 7.04 Å². The molecule has 0 spiro atoms. The van der Waals surface area contributed by atoms with Crippen LogP contribution in [0, 0.1) is 5.92 Å². The predicted molar refractivity (Wildman–Crippen MR) is 130 cm³/mol. The van der Waals surface area contributed by atoms with E-state index in [4.69, 9.17) is 18.6 Å². The van der Waals surface area contributed by atoms with Crippen LogP contribution in [-0.2, 0) is 13.6 Å². The van der Waals surface area contributed by atoms with Gasteiger partial charge in [-0.15, -0.1) is 0 Å². The standard InChI is InChI=1S/C26H25N5O3/c1-29-14-19-13-21(8-11-23(19)28-29)30-15-18-5-12-24(34-16-17-3-4-17)27-25(18)31(26(30)32)20-6-9-22(33-2)10-7-20/h5-14,17H,3-4,15-16H2,1-2H3/i2D3. The number of hydrogen-bond donors (Lipinski definition) is 0. The SMILES string of the molecule is [2H]C([2H])([2H])Oc1ccc(N2C(=O)N(c3ccc4nn(C)cc4c3)Cc3ccc(OCC4CC4)nc32)cc1. The molecule has 8 nitrogen and oxygen atoms in total. The lowest BCUT2D eigenvalue weighted by Crippen LogP contribution is -2.45. The van der Waals surface area contributed by atoms with Gasteiger partial charge in [0, 0.05) is 35.9 Å². The van der Waals surface area contributed by atoms with Crippen LogP contribution in [0.5, 0.6) is 11.6 Å². The van der Waals surface area contributed by atoms with Crippen molar-refractivity contribution in [1.29, 1.82) is 0 Å². The average molecular weight is 459 g/mol. The van der Waals surface area contributed by atoms with Crippen LogP contribution in [0.15, 0.2) is 60.8 Å². The highest BCUT2D eigenvalue weighted by atomic mass is 16.5. The number of urea groups is 1. The van der Waals surface area contributed by atoms with Gasteiger partial charge >= 0.3 is 6.03 Å². The summed E-state index contributed by atoms with van der Waals surface area (Å²) in [6.45, 7) is 0.949. The van der Waals surface area contributed by atoms with Crippen molar-refractivity contribution in [1.82, 2.24) is 14.8 Å². The number of fused-ring (bicyclic) bond motifs is 2. The zero-order valence-corrected chi connectivity index (χ0v) is 18.6. The molecule has 4 aromatic rings. The highest BCUT2D eigenvalue weighted by Crippen LogP contribution is 2.38. The number of ether oxygens (including phenoxy) is 2. The van der Waals surface area contributed by atoms with Gasteiger partial charge in [0.25, 0.3) is 0 Å². The second-order valence-electron chi connectivity index (χ2n) is 8.73. The number of benzene rings is 2. The van der Waals surface area contributed by atoms with Crippen LogP contribution in [0.3, 0.4) is 0 Å². The molecule has 0 N–H and O–H groups in total. The van der Waals surface area contributed by atoms with Gasteiger partial charge in [-0.2, -0.15) is 10.1 Å². The average Bonchev–Trinajstić information content (AvgIpc) is 3.61. The van der Waals surface area contributed by atoms with E-state index in [1.54, 1.807) is 21.7 Å². The van der Waals surface area contributed by atoms with Crippen LogP contribution in [0.25, 0.3) is 10.9 Å². The molecule has 2 aliphatic rings. The van der Waals surface area contributed by atoms with Gasteiger partial charge in [-0.3, -0.25) is 9.58 Å². The van der Waals surface area contributed by atoms with E-state index in [1.807, 2.05) is 43.6 Å². The Morgan fingerprint density at radius 2 is 1.91 bits per heavy atom. The molecular formula is C26H25N5O3. The Bertz CT molecular complexity index is 1480. The molecule has 34 heavy (non-hydrogen) atoms. The molecule has 2 aromatic carbocycles. The van der Waals surface area contributed by atoms with Crippen molar-refractivity contribution in [3.8, 4) is 11.6 Å². The lowest BCUT2D eigenvalue weighted by molar-refractivity contribution is 0.252. The van der Waals surface area contributed by atoms with Crippen LogP contribution in [0.4, 0.5) is 22.0 Å². The highest BCUT2D eigenvalue weighted by Gasteiger charge is 2.34. The van der Waals surface area contributed by atoms with Gasteiger partial charge in [-0.1, -0.05) is 0 Å². The Morgan fingerprint density at radius 1 is 1.09 bits per heavy atom. The number of carbonyl (C=O) groups excluding carboxylic acids is 1. The number of rotatable bonds is 6. The summed E-state index contributed by atoms with van der Waals surface area (Å²) in [5.41, 5.74) is 2.96. The van der Waals surface area contributed by atoms with E-state index >= 15 is 0 Å². The number of nitrogens with zero attached hydrogens (tertiary/aromatic N) is 5. The topological polar surface area (TPSA) is 72.7 Å². The lowest BCUT2D eigenvalue weighted by Gasteiger charge is -2.36. The number of aryl methyl sites for hydroxylation is 1. The van der Waals surface area contributed by atoms with Crippen LogP contribution in [0.1, 0.15) is 22.5 Å². The second kappa shape index (κ2) is 8.06. The predicted octanol–water partition coefficient (Wildman–Crippen LogP) is 5.04. The number of anilines is 3. The van der Waals surface area contributed by atoms with Crippen molar-refractivity contribution in [3.63, 3.8) is 0 Å². The largest absolute Gasteiger partial charge is 0.497 e. The maximum absolute atomic E-state index is 14.0. The molecule has 1 saturated carbocycles. The van der Waals surface area contributed by atoms with Gasteiger partial charge in [0.2, 0.25) is 5.88 Å². The number of aromatic nitrogens is 3. The minimum Gasteiger partial charge on any atom is -0.497 e. The smallest absolute Gasteiger partial charge is 0.335 e. The Kier molecular flexibility index (Phi) is 4.13. The molecule has 1 fully saturated rings. The van der Waals surface area contributed by atoms with Crippen molar-refractivity contribution in [2.45, 2.75) is 19.4 Å². The van der Waals surface area contributed by atoms with Crippen LogP contribution >= 0.6 is 0 Å². The second-order valence-corrected chi connectivity index (χ2v) is 8.73. The zero-order valence-electron chi connectivity index (χ0n) is 21.6. The van der Waals surface area contributed by atoms with Crippen molar-refractivity contribution in [3.05, 3.63) is 66.4 Å². The number of methoxy groups -OCH3 is 1. The van der Waals surface area contributed by atoms with Gasteiger partial charge in [0.05, 0.1) is 35.5 Å². The van der Waals surface area contributed by atoms with Crippen molar-refractivity contribution >= 4 is 34.1 Å². The molecule has 3 heterocycles.